The highest BCUT2D eigenvalue weighted by Crippen LogP contribution is 2.30. The average molecular weight is 288 g/mol. The van der Waals surface area contributed by atoms with Crippen LogP contribution in [0.4, 0.5) is 11.5 Å². The molecule has 0 saturated carbocycles. The first kappa shape index (κ1) is 15.0. The molecule has 0 spiro atoms. The van der Waals surface area contributed by atoms with Gasteiger partial charge in [0.15, 0.2) is 0 Å². The van der Waals surface area contributed by atoms with Crippen molar-refractivity contribution in [2.45, 2.75) is 33.2 Å². The minimum atomic E-state index is -0.391. The van der Waals surface area contributed by atoms with Crippen molar-refractivity contribution in [2.75, 3.05) is 5.32 Å². The maximum Gasteiger partial charge on any atom is 0.333 e. The molecule has 1 N–H and O–H groups in total. The molecule has 0 fully saturated rings. The number of hydrogen-bond donors (Lipinski definition) is 1. The van der Waals surface area contributed by atoms with Gasteiger partial charge in [-0.15, -0.1) is 0 Å². The number of aromatic nitrogens is 2. The number of rotatable bonds is 5. The molecule has 0 bridgehead atoms. The number of nitro groups is 1. The maximum atomic E-state index is 11.2. The van der Waals surface area contributed by atoms with Crippen molar-refractivity contribution < 1.29 is 4.92 Å². The Kier molecular flexibility index (Phi) is 4.26. The second kappa shape index (κ2) is 5.95. The highest BCUT2D eigenvalue weighted by molar-refractivity contribution is 5.60. The molecule has 1 unspecified atom stereocenters. The van der Waals surface area contributed by atoms with Gasteiger partial charge in [0.2, 0.25) is 5.82 Å². The molecule has 0 aliphatic heterocycles. The van der Waals surface area contributed by atoms with Gasteiger partial charge in [0.05, 0.1) is 11.0 Å². The van der Waals surface area contributed by atoms with Crippen molar-refractivity contribution in [3.8, 4) is 0 Å². The Morgan fingerprint density at radius 1 is 1.38 bits per heavy atom. The van der Waals surface area contributed by atoms with Crippen LogP contribution in [0, 0.1) is 17.0 Å². The fraction of sp³-hybridized carbons (Fsp3) is 0.400. The van der Waals surface area contributed by atoms with E-state index in [0.717, 1.165) is 12.0 Å². The zero-order valence-corrected chi connectivity index (χ0v) is 12.8. The lowest BCUT2D eigenvalue weighted by Crippen LogP contribution is -2.11. The van der Waals surface area contributed by atoms with Crippen LogP contribution in [-0.2, 0) is 13.5 Å². The van der Waals surface area contributed by atoms with Crippen molar-refractivity contribution in [2.24, 2.45) is 7.05 Å². The van der Waals surface area contributed by atoms with E-state index in [9.17, 15) is 10.1 Å². The SMILES string of the molecule is CCc1ccc(C(C)Nc2c([N+](=O)[O-])c(C)nn2C)cc1. The Balaban J connectivity index is 2.26. The van der Waals surface area contributed by atoms with Crippen LogP contribution in [0.25, 0.3) is 0 Å². The fourth-order valence-corrected chi connectivity index (χ4v) is 2.36. The fourth-order valence-electron chi connectivity index (χ4n) is 2.36. The third kappa shape index (κ3) is 3.04. The molecule has 1 aromatic heterocycles. The third-order valence-corrected chi connectivity index (χ3v) is 3.61. The van der Waals surface area contributed by atoms with E-state index in [-0.39, 0.29) is 11.7 Å². The van der Waals surface area contributed by atoms with E-state index < -0.39 is 4.92 Å². The van der Waals surface area contributed by atoms with E-state index in [1.165, 1.54) is 10.2 Å². The van der Waals surface area contributed by atoms with Crippen molar-refractivity contribution in [3.05, 3.63) is 51.2 Å². The summed E-state index contributed by atoms with van der Waals surface area (Å²) in [6.07, 6.45) is 0.995. The number of hydrogen-bond acceptors (Lipinski definition) is 4. The number of benzene rings is 1. The van der Waals surface area contributed by atoms with Gasteiger partial charge >= 0.3 is 5.69 Å². The summed E-state index contributed by atoms with van der Waals surface area (Å²) in [5.41, 5.74) is 2.81. The van der Waals surface area contributed by atoms with E-state index in [1.807, 2.05) is 19.1 Å². The van der Waals surface area contributed by atoms with Crippen LogP contribution in [0.3, 0.4) is 0 Å². The van der Waals surface area contributed by atoms with Crippen LogP contribution in [-0.4, -0.2) is 14.7 Å². The molecule has 0 aliphatic rings. The van der Waals surface area contributed by atoms with Crippen molar-refractivity contribution in [3.63, 3.8) is 0 Å². The average Bonchev–Trinajstić information content (AvgIpc) is 2.73. The smallest absolute Gasteiger partial charge is 0.333 e. The Hall–Kier alpha value is -2.37. The molecule has 0 radical (unpaired) electrons. The van der Waals surface area contributed by atoms with E-state index in [1.54, 1.807) is 14.0 Å². The summed E-state index contributed by atoms with van der Waals surface area (Å²) in [4.78, 5) is 10.8. The van der Waals surface area contributed by atoms with Gasteiger partial charge < -0.3 is 5.32 Å². The Morgan fingerprint density at radius 2 is 2.00 bits per heavy atom. The predicted molar refractivity (Wildman–Crippen MR) is 82.5 cm³/mol. The molecular weight excluding hydrogens is 268 g/mol. The molecule has 2 rings (SSSR count). The van der Waals surface area contributed by atoms with E-state index >= 15 is 0 Å². The minimum Gasteiger partial charge on any atom is -0.358 e. The number of nitrogens with zero attached hydrogens (tertiary/aromatic N) is 3. The number of nitrogens with one attached hydrogen (secondary N) is 1. The van der Waals surface area contributed by atoms with Crippen molar-refractivity contribution in [1.82, 2.24) is 9.78 Å². The highest BCUT2D eigenvalue weighted by atomic mass is 16.6. The number of aryl methyl sites for hydroxylation is 3. The first-order chi connectivity index (χ1) is 9.93. The number of anilines is 1. The quantitative estimate of drug-likeness (QED) is 0.676. The van der Waals surface area contributed by atoms with E-state index in [4.69, 9.17) is 0 Å². The normalized spacial score (nSPS) is 12.2. The molecule has 0 aliphatic carbocycles. The first-order valence-corrected chi connectivity index (χ1v) is 6.97. The van der Waals surface area contributed by atoms with Crippen molar-refractivity contribution in [1.29, 1.82) is 0 Å². The molecule has 1 atom stereocenters. The summed E-state index contributed by atoms with van der Waals surface area (Å²) < 4.78 is 1.52. The largest absolute Gasteiger partial charge is 0.358 e. The molecule has 1 heterocycles. The van der Waals surface area contributed by atoms with Gasteiger partial charge in [-0.2, -0.15) is 5.10 Å². The Bertz CT molecular complexity index is 646. The van der Waals surface area contributed by atoms with Gasteiger partial charge in [-0.1, -0.05) is 31.2 Å². The van der Waals surface area contributed by atoms with Gasteiger partial charge in [-0.3, -0.25) is 10.1 Å². The van der Waals surface area contributed by atoms with Crippen LogP contribution in [0.1, 0.15) is 36.7 Å². The molecular formula is C15H20N4O2. The standard InChI is InChI=1S/C15H20N4O2/c1-5-12-6-8-13(9-7-12)10(2)16-15-14(19(20)21)11(3)17-18(15)4/h6-10,16H,5H2,1-4H3. The summed E-state index contributed by atoms with van der Waals surface area (Å²) >= 11 is 0. The predicted octanol–water partition coefficient (Wildman–Crippen LogP) is 3.37. The van der Waals surface area contributed by atoms with E-state index in [0.29, 0.717) is 11.5 Å². The summed E-state index contributed by atoms with van der Waals surface area (Å²) in [6.45, 7) is 5.73. The third-order valence-electron chi connectivity index (χ3n) is 3.61. The van der Waals surface area contributed by atoms with Gasteiger partial charge in [0, 0.05) is 7.05 Å². The van der Waals surface area contributed by atoms with Crippen LogP contribution in [0.15, 0.2) is 24.3 Å². The summed E-state index contributed by atoms with van der Waals surface area (Å²) in [6, 6.07) is 8.22. The van der Waals surface area contributed by atoms with Gasteiger partial charge in [0.25, 0.3) is 0 Å². The van der Waals surface area contributed by atoms with Crippen LogP contribution < -0.4 is 5.32 Å². The molecule has 112 valence electrons. The lowest BCUT2D eigenvalue weighted by molar-refractivity contribution is -0.384. The maximum absolute atomic E-state index is 11.2. The first-order valence-electron chi connectivity index (χ1n) is 6.97. The minimum absolute atomic E-state index is 0.0366. The van der Waals surface area contributed by atoms with Gasteiger partial charge in [0.1, 0.15) is 5.69 Å². The molecule has 0 saturated heterocycles. The highest BCUT2D eigenvalue weighted by Gasteiger charge is 2.25. The van der Waals surface area contributed by atoms with Crippen LogP contribution in [0.5, 0.6) is 0 Å². The van der Waals surface area contributed by atoms with Crippen molar-refractivity contribution >= 4 is 11.5 Å². The molecule has 2 aromatic rings. The summed E-state index contributed by atoms with van der Waals surface area (Å²) in [7, 11) is 1.70. The van der Waals surface area contributed by atoms with Gasteiger partial charge in [-0.05, 0) is 31.4 Å². The zero-order chi connectivity index (χ0) is 15.6. The lowest BCUT2D eigenvalue weighted by atomic mass is 10.1. The molecule has 6 nitrogen and oxygen atoms in total. The lowest BCUT2D eigenvalue weighted by Gasteiger charge is -2.15. The van der Waals surface area contributed by atoms with Crippen LogP contribution >= 0.6 is 0 Å². The van der Waals surface area contributed by atoms with Crippen LogP contribution in [0.2, 0.25) is 0 Å². The Morgan fingerprint density at radius 3 is 2.52 bits per heavy atom. The van der Waals surface area contributed by atoms with Gasteiger partial charge in [-0.25, -0.2) is 4.68 Å². The zero-order valence-electron chi connectivity index (χ0n) is 12.8. The topological polar surface area (TPSA) is 73.0 Å². The molecule has 6 heteroatoms. The second-order valence-corrected chi connectivity index (χ2v) is 5.12. The monoisotopic (exact) mass is 288 g/mol. The molecule has 0 amide bonds. The van der Waals surface area contributed by atoms with E-state index in [2.05, 4.69) is 29.5 Å². The second-order valence-electron chi connectivity index (χ2n) is 5.12. The summed E-state index contributed by atoms with van der Waals surface area (Å²) in [5.74, 6) is 0.435. The molecule has 21 heavy (non-hydrogen) atoms. The molecule has 1 aromatic carbocycles. The Labute approximate surface area is 123 Å². The summed E-state index contributed by atoms with van der Waals surface area (Å²) in [5, 5.41) is 18.5.